The van der Waals surface area contributed by atoms with E-state index in [1.165, 1.54) is 16.8 Å². The number of nitrogens with one attached hydrogen (secondary N) is 1. The van der Waals surface area contributed by atoms with Crippen LogP contribution in [0.2, 0.25) is 0 Å². The fourth-order valence-electron chi connectivity index (χ4n) is 3.35. The molecular formula is C26H19FN4O3. The molecule has 7 nitrogen and oxygen atoms in total. The highest BCUT2D eigenvalue weighted by Crippen LogP contribution is 2.28. The van der Waals surface area contributed by atoms with Crippen molar-refractivity contribution in [1.29, 1.82) is 5.26 Å². The number of para-hydroxylation sites is 1. The fraction of sp³-hybridized carbons (Fsp3) is 0.0769. The van der Waals surface area contributed by atoms with Crippen LogP contribution in [-0.4, -0.2) is 28.3 Å². The number of aromatic nitrogens is 2. The van der Waals surface area contributed by atoms with E-state index in [1.807, 2.05) is 6.07 Å². The maximum Gasteiger partial charge on any atom is 0.358 e. The zero-order valence-electron chi connectivity index (χ0n) is 18.2. The average molecular weight is 454 g/mol. The highest BCUT2D eigenvalue weighted by molar-refractivity contribution is 6.04. The highest BCUT2D eigenvalue weighted by Gasteiger charge is 2.19. The fourth-order valence-corrected chi connectivity index (χ4v) is 3.35. The van der Waals surface area contributed by atoms with Gasteiger partial charge in [-0.3, -0.25) is 4.79 Å². The van der Waals surface area contributed by atoms with E-state index < -0.39 is 11.8 Å². The van der Waals surface area contributed by atoms with Gasteiger partial charge in [-0.05, 0) is 61.5 Å². The molecule has 4 aromatic rings. The van der Waals surface area contributed by atoms with Gasteiger partial charge in [-0.2, -0.15) is 10.4 Å². The van der Waals surface area contributed by atoms with E-state index in [0.29, 0.717) is 28.1 Å². The summed E-state index contributed by atoms with van der Waals surface area (Å²) < 4.78 is 21.0. The first kappa shape index (κ1) is 22.4. The van der Waals surface area contributed by atoms with E-state index in [9.17, 15) is 14.0 Å². The second kappa shape index (κ2) is 9.79. The maximum atomic E-state index is 14.6. The normalized spacial score (nSPS) is 10.4. The Labute approximate surface area is 195 Å². The van der Waals surface area contributed by atoms with Crippen molar-refractivity contribution in [3.05, 3.63) is 102 Å². The van der Waals surface area contributed by atoms with Gasteiger partial charge in [0.15, 0.2) is 5.69 Å². The molecule has 4 rings (SSSR count). The van der Waals surface area contributed by atoms with Crippen molar-refractivity contribution >= 4 is 17.6 Å². The number of rotatable bonds is 6. The number of benzene rings is 3. The number of esters is 1. The minimum Gasteiger partial charge on any atom is -0.461 e. The highest BCUT2D eigenvalue weighted by atomic mass is 19.1. The molecule has 8 heteroatoms. The molecule has 34 heavy (non-hydrogen) atoms. The number of halogens is 1. The van der Waals surface area contributed by atoms with Crippen LogP contribution < -0.4 is 5.32 Å². The standard InChI is InChI=1S/C26H19FN4O3/c1-2-34-26(33)22-15-24(31(30-22)23-9-4-3-8-21(23)27)19-6-5-7-20(14-19)29-25(32)18-12-10-17(16-28)11-13-18/h3-15H,2H2,1H3,(H,29,32). The van der Waals surface area contributed by atoms with Crippen LogP contribution >= 0.6 is 0 Å². The van der Waals surface area contributed by atoms with Gasteiger partial charge in [0, 0.05) is 16.8 Å². The number of nitrogens with zero attached hydrogens (tertiary/aromatic N) is 3. The molecule has 0 atom stereocenters. The second-order valence-corrected chi connectivity index (χ2v) is 7.22. The molecule has 0 radical (unpaired) electrons. The lowest BCUT2D eigenvalue weighted by molar-refractivity contribution is 0.0518. The smallest absolute Gasteiger partial charge is 0.358 e. The second-order valence-electron chi connectivity index (χ2n) is 7.22. The third-order valence-corrected chi connectivity index (χ3v) is 4.97. The van der Waals surface area contributed by atoms with Crippen molar-refractivity contribution in [2.24, 2.45) is 0 Å². The van der Waals surface area contributed by atoms with Crippen molar-refractivity contribution in [3.63, 3.8) is 0 Å². The molecule has 0 aliphatic carbocycles. The first-order valence-electron chi connectivity index (χ1n) is 10.4. The van der Waals surface area contributed by atoms with Gasteiger partial charge in [-0.1, -0.05) is 24.3 Å². The largest absolute Gasteiger partial charge is 0.461 e. The summed E-state index contributed by atoms with van der Waals surface area (Å²) >= 11 is 0. The number of hydrogen-bond acceptors (Lipinski definition) is 5. The Balaban J connectivity index is 1.70. The van der Waals surface area contributed by atoms with Crippen molar-refractivity contribution in [3.8, 4) is 23.0 Å². The van der Waals surface area contributed by atoms with Crippen LogP contribution in [0, 0.1) is 17.1 Å². The zero-order valence-corrected chi connectivity index (χ0v) is 18.2. The number of nitriles is 1. The molecule has 0 saturated carbocycles. The molecule has 0 aliphatic rings. The van der Waals surface area contributed by atoms with Crippen molar-refractivity contribution < 1.29 is 18.7 Å². The molecular weight excluding hydrogens is 435 g/mol. The van der Waals surface area contributed by atoms with E-state index in [-0.39, 0.29) is 23.9 Å². The Morgan fingerprint density at radius 1 is 1.06 bits per heavy atom. The summed E-state index contributed by atoms with van der Waals surface area (Å²) in [5.74, 6) is -1.48. The molecule has 3 aromatic carbocycles. The van der Waals surface area contributed by atoms with Crippen molar-refractivity contribution in [2.75, 3.05) is 11.9 Å². The molecule has 0 spiro atoms. The monoisotopic (exact) mass is 454 g/mol. The molecule has 1 amide bonds. The van der Waals surface area contributed by atoms with Gasteiger partial charge < -0.3 is 10.1 Å². The topological polar surface area (TPSA) is 97.0 Å². The lowest BCUT2D eigenvalue weighted by Gasteiger charge is -2.11. The number of ether oxygens (including phenoxy) is 1. The van der Waals surface area contributed by atoms with Gasteiger partial charge in [0.05, 0.1) is 23.9 Å². The lowest BCUT2D eigenvalue weighted by Crippen LogP contribution is -2.11. The molecule has 0 unspecified atom stereocenters. The van der Waals surface area contributed by atoms with Crippen LogP contribution in [0.25, 0.3) is 16.9 Å². The van der Waals surface area contributed by atoms with E-state index in [1.54, 1.807) is 73.7 Å². The molecule has 1 heterocycles. The first-order chi connectivity index (χ1) is 16.5. The third-order valence-electron chi connectivity index (χ3n) is 4.97. The van der Waals surface area contributed by atoms with Gasteiger partial charge >= 0.3 is 5.97 Å². The number of anilines is 1. The van der Waals surface area contributed by atoms with Crippen LogP contribution in [0.1, 0.15) is 33.3 Å². The van der Waals surface area contributed by atoms with Crippen molar-refractivity contribution in [1.82, 2.24) is 9.78 Å². The summed E-state index contributed by atoms with van der Waals surface area (Å²) in [6.45, 7) is 1.87. The Bertz CT molecular complexity index is 1400. The van der Waals surface area contributed by atoms with Crippen LogP contribution in [0.5, 0.6) is 0 Å². The molecule has 0 saturated heterocycles. The minimum atomic E-state index is -0.621. The summed E-state index contributed by atoms with van der Waals surface area (Å²) in [6, 6.07) is 22.8. The quantitative estimate of drug-likeness (QED) is 0.415. The molecule has 0 bridgehead atoms. The molecule has 1 N–H and O–H groups in total. The third kappa shape index (κ3) is 4.69. The number of carbonyl (C=O) groups excluding carboxylic acids is 2. The average Bonchev–Trinajstić information content (AvgIpc) is 3.30. The van der Waals surface area contributed by atoms with E-state index in [2.05, 4.69) is 10.4 Å². The number of hydrogen-bond donors (Lipinski definition) is 1. The zero-order chi connectivity index (χ0) is 24.1. The molecule has 0 fully saturated rings. The summed E-state index contributed by atoms with van der Waals surface area (Å²) in [6.07, 6.45) is 0. The van der Waals surface area contributed by atoms with Crippen LogP contribution in [-0.2, 0) is 4.74 Å². The van der Waals surface area contributed by atoms with Gasteiger partial charge in [0.1, 0.15) is 11.5 Å². The van der Waals surface area contributed by atoms with Crippen LogP contribution in [0.3, 0.4) is 0 Å². The number of carbonyl (C=O) groups is 2. The van der Waals surface area contributed by atoms with Gasteiger partial charge in [0.25, 0.3) is 5.91 Å². The maximum absolute atomic E-state index is 14.6. The Kier molecular flexibility index (Phi) is 6.46. The Morgan fingerprint density at radius 3 is 2.53 bits per heavy atom. The summed E-state index contributed by atoms with van der Waals surface area (Å²) in [5, 5.41) is 16.0. The SMILES string of the molecule is CCOC(=O)c1cc(-c2cccc(NC(=O)c3ccc(C#N)cc3)c2)n(-c2ccccc2F)n1. The molecule has 168 valence electrons. The van der Waals surface area contributed by atoms with Crippen LogP contribution in [0.4, 0.5) is 10.1 Å². The first-order valence-corrected chi connectivity index (χ1v) is 10.4. The summed E-state index contributed by atoms with van der Waals surface area (Å²) in [5.41, 5.74) is 2.59. The Hall–Kier alpha value is -4.77. The van der Waals surface area contributed by atoms with Gasteiger partial charge in [0.2, 0.25) is 0 Å². The predicted octanol–water partition coefficient (Wildman–Crippen LogP) is 4.98. The van der Waals surface area contributed by atoms with Crippen LogP contribution in [0.15, 0.2) is 78.9 Å². The van der Waals surface area contributed by atoms with E-state index in [4.69, 9.17) is 10.00 Å². The Morgan fingerprint density at radius 2 is 1.82 bits per heavy atom. The summed E-state index contributed by atoms with van der Waals surface area (Å²) in [4.78, 5) is 24.9. The molecule has 0 aliphatic heterocycles. The number of amides is 1. The van der Waals surface area contributed by atoms with E-state index in [0.717, 1.165) is 0 Å². The van der Waals surface area contributed by atoms with Crippen molar-refractivity contribution in [2.45, 2.75) is 6.92 Å². The summed E-state index contributed by atoms with van der Waals surface area (Å²) in [7, 11) is 0. The van der Waals surface area contributed by atoms with E-state index >= 15 is 0 Å². The van der Waals surface area contributed by atoms with Gasteiger partial charge in [-0.25, -0.2) is 13.9 Å². The minimum absolute atomic E-state index is 0.0344. The molecule has 1 aromatic heterocycles. The van der Waals surface area contributed by atoms with Gasteiger partial charge in [-0.15, -0.1) is 0 Å². The lowest BCUT2D eigenvalue weighted by atomic mass is 10.1. The predicted molar refractivity (Wildman–Crippen MR) is 124 cm³/mol.